The number of carbonyl (C=O) groups excluding carboxylic acids is 2. The fourth-order valence-electron chi connectivity index (χ4n) is 2.19. The van der Waals surface area contributed by atoms with Crippen LogP contribution in [-0.4, -0.2) is 20.3 Å². The number of anilines is 1. The molecule has 0 bridgehead atoms. The minimum absolute atomic E-state index is 0.0475. The Morgan fingerprint density at radius 2 is 1.64 bits per heavy atom. The fourth-order valence-corrected chi connectivity index (χ4v) is 3.82. The van der Waals surface area contributed by atoms with E-state index < -0.39 is 21.9 Å². The Kier molecular flexibility index (Phi) is 5.49. The molecule has 0 saturated heterocycles. The predicted molar refractivity (Wildman–Crippen MR) is 94.3 cm³/mol. The molecule has 0 unspecified atom stereocenters. The summed E-state index contributed by atoms with van der Waals surface area (Å²) in [7, 11) is -4.11. The highest BCUT2D eigenvalue weighted by atomic mass is 35.5. The number of carbonyl (C=O) groups is 2. The van der Waals surface area contributed by atoms with E-state index in [1.165, 1.54) is 49.4 Å². The molecule has 0 spiro atoms. The highest BCUT2D eigenvalue weighted by molar-refractivity contribution is 7.93. The maximum absolute atomic E-state index is 12.9. The first-order valence-corrected chi connectivity index (χ1v) is 9.05. The molecule has 0 atom stereocenters. The number of amides is 1. The average molecular weight is 382 g/mol. The summed E-state index contributed by atoms with van der Waals surface area (Å²) in [5.74, 6) is -0.923. The van der Waals surface area contributed by atoms with Crippen LogP contribution in [0.4, 0.5) is 5.69 Å². The molecule has 1 amide bonds. The molecule has 2 aromatic carbocycles. The summed E-state index contributed by atoms with van der Waals surface area (Å²) in [5.41, 5.74) is 0.715. The maximum atomic E-state index is 12.9. The Hall–Kier alpha value is -2.38. The van der Waals surface area contributed by atoms with Gasteiger partial charge in [-0.15, -0.1) is 0 Å². The van der Waals surface area contributed by atoms with Gasteiger partial charge in [-0.25, -0.2) is 12.7 Å². The van der Waals surface area contributed by atoms with Crippen molar-refractivity contribution < 1.29 is 22.7 Å². The summed E-state index contributed by atoms with van der Waals surface area (Å²) in [6.07, 6.45) is 0. The third-order valence-corrected chi connectivity index (χ3v) is 5.51. The number of hydrogen-bond acceptors (Lipinski definition) is 5. The number of hydrogen-bond donors (Lipinski definition) is 0. The molecule has 0 saturated carbocycles. The molecule has 0 N–H and O–H groups in total. The summed E-state index contributed by atoms with van der Waals surface area (Å²) in [6, 6.07) is 9.81. The third kappa shape index (κ3) is 4.18. The Morgan fingerprint density at radius 3 is 2.12 bits per heavy atom. The van der Waals surface area contributed by atoms with Gasteiger partial charge in [0.05, 0.1) is 10.6 Å². The molecule has 2 aromatic rings. The third-order valence-electron chi connectivity index (χ3n) is 3.29. The SMILES string of the molecule is CC(=O)Oc1ccc(N(C(C)=O)S(=O)(=O)c2ccc(Cl)c(C)c2)cc1. The lowest BCUT2D eigenvalue weighted by Gasteiger charge is -2.21. The molecule has 0 radical (unpaired) electrons. The summed E-state index contributed by atoms with van der Waals surface area (Å²) in [5, 5.41) is 0.430. The van der Waals surface area contributed by atoms with E-state index in [9.17, 15) is 18.0 Å². The minimum atomic E-state index is -4.11. The van der Waals surface area contributed by atoms with Crippen molar-refractivity contribution in [2.75, 3.05) is 4.31 Å². The van der Waals surface area contributed by atoms with Gasteiger partial charge >= 0.3 is 5.97 Å². The monoisotopic (exact) mass is 381 g/mol. The van der Waals surface area contributed by atoms with Crippen molar-refractivity contribution in [2.24, 2.45) is 0 Å². The van der Waals surface area contributed by atoms with E-state index in [2.05, 4.69) is 0 Å². The zero-order valence-corrected chi connectivity index (χ0v) is 15.4. The largest absolute Gasteiger partial charge is 0.427 e. The van der Waals surface area contributed by atoms with Crippen LogP contribution in [0.5, 0.6) is 5.75 Å². The van der Waals surface area contributed by atoms with E-state index in [0.29, 0.717) is 14.9 Å². The summed E-state index contributed by atoms with van der Waals surface area (Å²) < 4.78 is 31.3. The van der Waals surface area contributed by atoms with Crippen molar-refractivity contribution in [1.82, 2.24) is 0 Å². The molecule has 0 aliphatic heterocycles. The number of nitrogens with zero attached hydrogens (tertiary/aromatic N) is 1. The van der Waals surface area contributed by atoms with Crippen molar-refractivity contribution in [3.63, 3.8) is 0 Å². The zero-order valence-electron chi connectivity index (χ0n) is 13.8. The first-order chi connectivity index (χ1) is 11.6. The second-order valence-corrected chi connectivity index (χ2v) is 7.48. The Bertz CT molecular complexity index is 923. The number of sulfonamides is 1. The smallest absolute Gasteiger partial charge is 0.308 e. The van der Waals surface area contributed by atoms with E-state index in [1.54, 1.807) is 6.92 Å². The lowest BCUT2D eigenvalue weighted by Crippen LogP contribution is -2.35. The fraction of sp³-hybridized carbons (Fsp3) is 0.176. The molecule has 25 heavy (non-hydrogen) atoms. The van der Waals surface area contributed by atoms with Crippen LogP contribution in [-0.2, 0) is 19.6 Å². The van der Waals surface area contributed by atoms with Crippen molar-refractivity contribution >= 4 is 39.2 Å². The quantitative estimate of drug-likeness (QED) is 0.599. The van der Waals surface area contributed by atoms with Crippen molar-refractivity contribution in [3.05, 3.63) is 53.1 Å². The van der Waals surface area contributed by atoms with Gasteiger partial charge in [-0.1, -0.05) is 11.6 Å². The van der Waals surface area contributed by atoms with Crippen LogP contribution in [0.25, 0.3) is 0 Å². The van der Waals surface area contributed by atoms with Gasteiger partial charge in [0.15, 0.2) is 0 Å². The minimum Gasteiger partial charge on any atom is -0.427 e. The molecule has 0 aromatic heterocycles. The predicted octanol–water partition coefficient (Wildman–Crippen LogP) is 3.32. The molecule has 0 heterocycles. The molecule has 0 fully saturated rings. The molecule has 0 aliphatic rings. The first kappa shape index (κ1) is 19.0. The van der Waals surface area contributed by atoms with Crippen LogP contribution < -0.4 is 9.04 Å². The first-order valence-electron chi connectivity index (χ1n) is 7.23. The van der Waals surface area contributed by atoms with Gasteiger partial charge in [-0.05, 0) is 55.0 Å². The van der Waals surface area contributed by atoms with Crippen LogP contribution in [0.15, 0.2) is 47.4 Å². The van der Waals surface area contributed by atoms with E-state index >= 15 is 0 Å². The van der Waals surface area contributed by atoms with Crippen LogP contribution in [0.3, 0.4) is 0 Å². The average Bonchev–Trinajstić information content (AvgIpc) is 2.50. The number of benzene rings is 2. The number of ether oxygens (including phenoxy) is 1. The van der Waals surface area contributed by atoms with E-state index in [-0.39, 0.29) is 16.3 Å². The molecule has 2 rings (SSSR count). The van der Waals surface area contributed by atoms with Crippen LogP contribution >= 0.6 is 11.6 Å². The van der Waals surface area contributed by atoms with Gasteiger partial charge in [0.25, 0.3) is 10.0 Å². The van der Waals surface area contributed by atoms with Gasteiger partial charge in [0.1, 0.15) is 5.75 Å². The van der Waals surface area contributed by atoms with Gasteiger partial charge in [-0.3, -0.25) is 9.59 Å². The van der Waals surface area contributed by atoms with Gasteiger partial charge in [-0.2, -0.15) is 0 Å². The highest BCUT2D eigenvalue weighted by Crippen LogP contribution is 2.28. The van der Waals surface area contributed by atoms with Crippen LogP contribution in [0.1, 0.15) is 19.4 Å². The van der Waals surface area contributed by atoms with Crippen molar-refractivity contribution in [3.8, 4) is 5.75 Å². The molecule has 0 aliphatic carbocycles. The lowest BCUT2D eigenvalue weighted by atomic mass is 10.2. The normalized spacial score (nSPS) is 11.0. The molecular weight excluding hydrogens is 366 g/mol. The highest BCUT2D eigenvalue weighted by Gasteiger charge is 2.29. The standard InChI is InChI=1S/C17H16ClNO5S/c1-11-10-16(8-9-17(11)18)25(22,23)19(12(2)20)14-4-6-15(7-5-14)24-13(3)21/h4-10H,1-3H3. The summed E-state index contributed by atoms with van der Waals surface area (Å²) in [4.78, 5) is 22.9. The second kappa shape index (κ2) is 7.25. The van der Waals surface area contributed by atoms with E-state index in [4.69, 9.17) is 16.3 Å². The lowest BCUT2D eigenvalue weighted by molar-refractivity contribution is -0.131. The maximum Gasteiger partial charge on any atom is 0.308 e. The van der Waals surface area contributed by atoms with Gasteiger partial charge < -0.3 is 4.74 Å². The summed E-state index contributed by atoms with van der Waals surface area (Å²) >= 11 is 5.93. The molecule has 8 heteroatoms. The molecule has 6 nitrogen and oxygen atoms in total. The van der Waals surface area contributed by atoms with Crippen molar-refractivity contribution in [2.45, 2.75) is 25.7 Å². The Morgan fingerprint density at radius 1 is 1.04 bits per heavy atom. The van der Waals surface area contributed by atoms with Crippen LogP contribution in [0.2, 0.25) is 5.02 Å². The zero-order chi connectivity index (χ0) is 18.8. The van der Waals surface area contributed by atoms with E-state index in [0.717, 1.165) is 6.92 Å². The van der Waals surface area contributed by atoms with Crippen molar-refractivity contribution in [1.29, 1.82) is 0 Å². The van der Waals surface area contributed by atoms with Gasteiger partial charge in [0.2, 0.25) is 5.91 Å². The second-order valence-electron chi connectivity index (χ2n) is 5.29. The molecule has 132 valence electrons. The van der Waals surface area contributed by atoms with Gasteiger partial charge in [0, 0.05) is 18.9 Å². The van der Waals surface area contributed by atoms with Crippen LogP contribution in [0, 0.1) is 6.92 Å². The number of rotatable bonds is 4. The number of esters is 1. The topological polar surface area (TPSA) is 80.8 Å². The number of aryl methyl sites for hydroxylation is 1. The molecular formula is C17H16ClNO5S. The number of halogens is 1. The summed E-state index contributed by atoms with van der Waals surface area (Å²) in [6.45, 7) is 4.08. The Balaban J connectivity index is 2.48. The van der Waals surface area contributed by atoms with E-state index in [1.807, 2.05) is 0 Å². The Labute approximate surface area is 151 Å².